The van der Waals surface area contributed by atoms with Crippen molar-refractivity contribution in [2.24, 2.45) is 0 Å². The fourth-order valence-electron chi connectivity index (χ4n) is 2.96. The van der Waals surface area contributed by atoms with Gasteiger partial charge in [0, 0.05) is 34.1 Å². The van der Waals surface area contributed by atoms with Crippen LogP contribution < -0.4 is 5.32 Å². The van der Waals surface area contributed by atoms with Crippen molar-refractivity contribution in [3.63, 3.8) is 0 Å². The Morgan fingerprint density at radius 2 is 2.00 bits per heavy atom. The standard InChI is InChI=1S/C14H16Br2N2O/c15-9-1-4-12(13(16)7-9)14(19)18-6-5-10-2-3-11(8-18)17-10/h1,4,7,10-11,17H,2-3,5-6,8H2. The quantitative estimate of drug-likeness (QED) is 0.802. The number of likely N-dealkylation sites (tertiary alicyclic amines) is 1. The van der Waals surface area contributed by atoms with Gasteiger partial charge in [0.1, 0.15) is 0 Å². The van der Waals surface area contributed by atoms with Crippen LogP contribution in [0.4, 0.5) is 0 Å². The van der Waals surface area contributed by atoms with Crippen LogP contribution in [0.5, 0.6) is 0 Å². The number of carbonyl (C=O) groups excluding carboxylic acids is 1. The smallest absolute Gasteiger partial charge is 0.255 e. The number of hydrogen-bond donors (Lipinski definition) is 1. The van der Waals surface area contributed by atoms with Crippen molar-refractivity contribution in [1.82, 2.24) is 10.2 Å². The molecule has 0 aliphatic carbocycles. The van der Waals surface area contributed by atoms with Gasteiger partial charge in [-0.25, -0.2) is 0 Å². The number of hydrogen-bond acceptors (Lipinski definition) is 2. The molecule has 2 aliphatic heterocycles. The molecule has 19 heavy (non-hydrogen) atoms. The largest absolute Gasteiger partial charge is 0.337 e. The minimum Gasteiger partial charge on any atom is -0.337 e. The van der Waals surface area contributed by atoms with E-state index in [2.05, 4.69) is 37.2 Å². The van der Waals surface area contributed by atoms with E-state index < -0.39 is 0 Å². The lowest BCUT2D eigenvalue weighted by Crippen LogP contribution is -2.39. The minimum atomic E-state index is 0.133. The van der Waals surface area contributed by atoms with Crippen LogP contribution in [0.15, 0.2) is 27.1 Å². The van der Waals surface area contributed by atoms with Crippen molar-refractivity contribution in [2.45, 2.75) is 31.3 Å². The van der Waals surface area contributed by atoms with E-state index in [9.17, 15) is 4.79 Å². The molecule has 3 nitrogen and oxygen atoms in total. The second-order valence-electron chi connectivity index (χ2n) is 5.30. The maximum absolute atomic E-state index is 12.6. The molecule has 5 heteroatoms. The van der Waals surface area contributed by atoms with E-state index >= 15 is 0 Å². The third-order valence-corrected chi connectivity index (χ3v) is 5.12. The molecule has 2 saturated heterocycles. The highest BCUT2D eigenvalue weighted by Gasteiger charge is 2.31. The van der Waals surface area contributed by atoms with E-state index in [0.717, 1.165) is 34.0 Å². The average Bonchev–Trinajstić information content (AvgIpc) is 2.68. The Balaban J connectivity index is 1.79. The van der Waals surface area contributed by atoms with Gasteiger partial charge in [0.05, 0.1) is 5.56 Å². The van der Waals surface area contributed by atoms with E-state index in [-0.39, 0.29) is 5.91 Å². The van der Waals surface area contributed by atoms with E-state index in [1.54, 1.807) is 0 Å². The molecule has 3 rings (SSSR count). The third-order valence-electron chi connectivity index (χ3n) is 3.97. The highest BCUT2D eigenvalue weighted by Crippen LogP contribution is 2.26. The minimum absolute atomic E-state index is 0.133. The fourth-order valence-corrected chi connectivity index (χ4v) is 4.18. The van der Waals surface area contributed by atoms with Gasteiger partial charge in [-0.05, 0) is 53.4 Å². The van der Waals surface area contributed by atoms with Gasteiger partial charge in [-0.3, -0.25) is 4.79 Å². The van der Waals surface area contributed by atoms with Gasteiger partial charge >= 0.3 is 0 Å². The summed E-state index contributed by atoms with van der Waals surface area (Å²) >= 11 is 6.90. The Bertz CT molecular complexity index is 506. The van der Waals surface area contributed by atoms with Crippen molar-refractivity contribution >= 4 is 37.8 Å². The summed E-state index contributed by atoms with van der Waals surface area (Å²) in [4.78, 5) is 14.6. The van der Waals surface area contributed by atoms with Crippen LogP contribution in [0.1, 0.15) is 29.6 Å². The van der Waals surface area contributed by atoms with Gasteiger partial charge in [0.15, 0.2) is 0 Å². The zero-order chi connectivity index (χ0) is 13.4. The lowest BCUT2D eigenvalue weighted by atomic mass is 10.1. The molecule has 102 valence electrons. The molecule has 0 aromatic heterocycles. The Hall–Kier alpha value is -0.390. The van der Waals surface area contributed by atoms with E-state index in [0.29, 0.717) is 12.1 Å². The lowest BCUT2D eigenvalue weighted by Gasteiger charge is -2.24. The Kier molecular flexibility index (Phi) is 3.96. The molecule has 1 aromatic carbocycles. The van der Waals surface area contributed by atoms with Gasteiger partial charge in [0.25, 0.3) is 5.91 Å². The van der Waals surface area contributed by atoms with Crippen LogP contribution in [0.2, 0.25) is 0 Å². The average molecular weight is 388 g/mol. The summed E-state index contributed by atoms with van der Waals surface area (Å²) in [6.45, 7) is 1.69. The molecule has 0 spiro atoms. The summed E-state index contributed by atoms with van der Waals surface area (Å²) < 4.78 is 1.83. The molecule has 2 bridgehead atoms. The van der Waals surface area contributed by atoms with Crippen LogP contribution in [0, 0.1) is 0 Å². The first-order valence-electron chi connectivity index (χ1n) is 6.64. The molecule has 1 N–H and O–H groups in total. The molecule has 1 amide bonds. The first-order chi connectivity index (χ1) is 9.13. The molecule has 2 atom stereocenters. The highest BCUT2D eigenvalue weighted by molar-refractivity contribution is 9.11. The molecule has 2 heterocycles. The van der Waals surface area contributed by atoms with E-state index in [4.69, 9.17) is 0 Å². The highest BCUT2D eigenvalue weighted by atomic mass is 79.9. The van der Waals surface area contributed by atoms with Crippen molar-refractivity contribution in [2.75, 3.05) is 13.1 Å². The van der Waals surface area contributed by atoms with Crippen LogP contribution in [-0.4, -0.2) is 36.0 Å². The monoisotopic (exact) mass is 386 g/mol. The van der Waals surface area contributed by atoms with E-state index in [1.165, 1.54) is 12.8 Å². The number of fused-ring (bicyclic) bond motifs is 2. The third kappa shape index (κ3) is 2.88. The Morgan fingerprint density at radius 1 is 1.21 bits per heavy atom. The van der Waals surface area contributed by atoms with Crippen molar-refractivity contribution < 1.29 is 4.79 Å². The first kappa shape index (κ1) is 13.6. The molecule has 1 aromatic rings. The van der Waals surface area contributed by atoms with Crippen molar-refractivity contribution in [3.8, 4) is 0 Å². The first-order valence-corrected chi connectivity index (χ1v) is 8.22. The number of halogens is 2. The number of benzene rings is 1. The zero-order valence-corrected chi connectivity index (χ0v) is 13.7. The number of carbonyl (C=O) groups is 1. The summed E-state index contributed by atoms with van der Waals surface area (Å²) in [7, 11) is 0. The molecular formula is C14H16Br2N2O. The fraction of sp³-hybridized carbons (Fsp3) is 0.500. The maximum atomic E-state index is 12.6. The number of rotatable bonds is 1. The molecule has 2 aliphatic rings. The van der Waals surface area contributed by atoms with Crippen LogP contribution in [0.3, 0.4) is 0 Å². The Labute approximate surface area is 130 Å². The topological polar surface area (TPSA) is 32.3 Å². The molecular weight excluding hydrogens is 372 g/mol. The van der Waals surface area contributed by atoms with Gasteiger partial charge in [0.2, 0.25) is 0 Å². The van der Waals surface area contributed by atoms with Crippen LogP contribution >= 0.6 is 31.9 Å². The Morgan fingerprint density at radius 3 is 2.79 bits per heavy atom. The number of nitrogens with one attached hydrogen (secondary N) is 1. The number of nitrogens with zero attached hydrogens (tertiary/aromatic N) is 1. The molecule has 2 unspecified atom stereocenters. The molecule has 0 saturated carbocycles. The summed E-state index contributed by atoms with van der Waals surface area (Å²) in [5.41, 5.74) is 0.751. The predicted octanol–water partition coefficient (Wildman–Crippen LogP) is 3.18. The summed E-state index contributed by atoms with van der Waals surface area (Å²) in [5.74, 6) is 0.133. The normalized spacial score (nSPS) is 26.3. The van der Waals surface area contributed by atoms with Crippen molar-refractivity contribution in [1.29, 1.82) is 0 Å². The van der Waals surface area contributed by atoms with Gasteiger partial charge in [-0.15, -0.1) is 0 Å². The van der Waals surface area contributed by atoms with Crippen LogP contribution in [-0.2, 0) is 0 Å². The maximum Gasteiger partial charge on any atom is 0.255 e. The summed E-state index contributed by atoms with van der Waals surface area (Å²) in [6.07, 6.45) is 3.51. The molecule has 0 radical (unpaired) electrons. The van der Waals surface area contributed by atoms with E-state index in [1.807, 2.05) is 23.1 Å². The molecule has 2 fully saturated rings. The lowest BCUT2D eigenvalue weighted by molar-refractivity contribution is 0.0747. The zero-order valence-electron chi connectivity index (χ0n) is 10.5. The SMILES string of the molecule is O=C(c1ccc(Br)cc1Br)N1CCC2CCC(C1)N2. The van der Waals surface area contributed by atoms with Gasteiger partial charge in [-0.1, -0.05) is 15.9 Å². The van der Waals surface area contributed by atoms with Gasteiger partial charge in [-0.2, -0.15) is 0 Å². The van der Waals surface area contributed by atoms with Crippen LogP contribution in [0.25, 0.3) is 0 Å². The van der Waals surface area contributed by atoms with Gasteiger partial charge < -0.3 is 10.2 Å². The van der Waals surface area contributed by atoms with Crippen molar-refractivity contribution in [3.05, 3.63) is 32.7 Å². The second-order valence-corrected chi connectivity index (χ2v) is 7.07. The number of amides is 1. The second kappa shape index (κ2) is 5.54. The summed E-state index contributed by atoms with van der Waals surface area (Å²) in [6, 6.07) is 6.81. The summed E-state index contributed by atoms with van der Waals surface area (Å²) in [5, 5.41) is 3.60. The predicted molar refractivity (Wildman–Crippen MR) is 82.3 cm³/mol.